The minimum atomic E-state index is -2.19. The van der Waals surface area contributed by atoms with Gasteiger partial charge in [0.05, 0.1) is 28.3 Å². The molecule has 0 N–H and O–H groups in total. The highest BCUT2D eigenvalue weighted by atomic mass is 19.2. The highest BCUT2D eigenvalue weighted by Gasteiger charge is 2.26. The van der Waals surface area contributed by atoms with E-state index in [9.17, 15) is 30.7 Å². The third-order valence-electron chi connectivity index (χ3n) is 7.71. The molecule has 4 aromatic heterocycles. The Morgan fingerprint density at radius 2 is 0.843 bits per heavy atom. The number of hydrogen-bond donors (Lipinski definition) is 0. The third-order valence-corrected chi connectivity index (χ3v) is 7.71. The van der Waals surface area contributed by atoms with Crippen LogP contribution in [0.4, 0.5) is 30.7 Å². The van der Waals surface area contributed by atoms with E-state index >= 15 is 0 Å². The van der Waals surface area contributed by atoms with Gasteiger partial charge in [-0.1, -0.05) is 36.4 Å². The van der Waals surface area contributed by atoms with E-state index in [4.69, 9.17) is 0 Å². The zero-order chi connectivity index (χ0) is 36.2. The number of rotatable bonds is 5. The van der Waals surface area contributed by atoms with Crippen LogP contribution in [-0.2, 0) is 0 Å². The number of halogens is 7. The summed E-state index contributed by atoms with van der Waals surface area (Å²) in [4.78, 5) is 17.3. The van der Waals surface area contributed by atoms with Crippen molar-refractivity contribution in [1.29, 1.82) is 0 Å². The number of hydrogen-bond acceptors (Lipinski definition) is 4. The summed E-state index contributed by atoms with van der Waals surface area (Å²) >= 11 is 0. The van der Waals surface area contributed by atoms with Crippen LogP contribution < -0.4 is 0 Å². The topological polar surface area (TPSA) is 51.6 Å². The lowest BCUT2D eigenvalue weighted by molar-refractivity contribution is 0.381. The monoisotopic (exact) mass is 694 g/mol. The van der Waals surface area contributed by atoms with Crippen molar-refractivity contribution in [2.45, 2.75) is 13.8 Å². The van der Waals surface area contributed by atoms with E-state index in [1.54, 1.807) is 42.5 Å². The first kappa shape index (κ1) is 34.6. The summed E-state index contributed by atoms with van der Waals surface area (Å²) in [6.07, 6.45) is 2.57. The molecule has 0 aliphatic heterocycles. The Morgan fingerprint density at radius 3 is 1.27 bits per heavy atom. The smallest absolute Gasteiger partial charge is 0.200 e. The van der Waals surface area contributed by atoms with Gasteiger partial charge in [0.1, 0.15) is 11.6 Å². The zero-order valence-electron chi connectivity index (χ0n) is 26.9. The van der Waals surface area contributed by atoms with E-state index in [0.717, 1.165) is 51.2 Å². The summed E-state index contributed by atoms with van der Waals surface area (Å²) in [6, 6.07) is 28.3. The van der Waals surface area contributed by atoms with Crippen molar-refractivity contribution in [2.75, 3.05) is 0 Å². The van der Waals surface area contributed by atoms with Gasteiger partial charge in [0, 0.05) is 29.3 Å². The van der Waals surface area contributed by atoms with Crippen molar-refractivity contribution < 1.29 is 30.7 Å². The van der Waals surface area contributed by atoms with Crippen LogP contribution in [0.3, 0.4) is 0 Å². The molecule has 11 heteroatoms. The maximum Gasteiger partial charge on any atom is 0.200 e. The Balaban J connectivity index is 0.000000179. The van der Waals surface area contributed by atoms with E-state index < -0.39 is 34.6 Å². The highest BCUT2D eigenvalue weighted by Crippen LogP contribution is 2.32. The molecule has 4 heterocycles. The average molecular weight is 695 g/mol. The molecule has 0 aliphatic carbocycles. The van der Waals surface area contributed by atoms with Crippen LogP contribution in [0, 0.1) is 54.6 Å². The molecule has 51 heavy (non-hydrogen) atoms. The van der Waals surface area contributed by atoms with Gasteiger partial charge < -0.3 is 0 Å². The zero-order valence-corrected chi connectivity index (χ0v) is 26.9. The fraction of sp³-hybridized carbons (Fsp3) is 0.0500. The number of pyridine rings is 4. The highest BCUT2D eigenvalue weighted by molar-refractivity contribution is 5.74. The lowest BCUT2D eigenvalue weighted by Crippen LogP contribution is -2.04. The summed E-state index contributed by atoms with van der Waals surface area (Å²) in [5.41, 5.74) is 6.60. The second-order valence-corrected chi connectivity index (χ2v) is 11.4. The fourth-order valence-corrected chi connectivity index (χ4v) is 5.28. The molecule has 0 saturated carbocycles. The van der Waals surface area contributed by atoms with Crippen LogP contribution in [0.25, 0.3) is 56.2 Å². The number of nitrogens with zero attached hydrogens (tertiary/aromatic N) is 4. The molecule has 3 aromatic carbocycles. The van der Waals surface area contributed by atoms with Crippen molar-refractivity contribution in [3.8, 4) is 56.2 Å². The van der Waals surface area contributed by atoms with Gasteiger partial charge >= 0.3 is 0 Å². The Kier molecular flexibility index (Phi) is 9.99. The van der Waals surface area contributed by atoms with Gasteiger partial charge in [-0.2, -0.15) is 0 Å². The van der Waals surface area contributed by atoms with Crippen molar-refractivity contribution >= 4 is 0 Å². The maximum absolute atomic E-state index is 13.8. The first-order valence-electron chi connectivity index (χ1n) is 15.4. The number of aryl methyl sites for hydroxylation is 2. The van der Waals surface area contributed by atoms with Gasteiger partial charge in [-0.25, -0.2) is 30.7 Å². The molecule has 7 aromatic rings. The van der Waals surface area contributed by atoms with E-state index in [1.165, 1.54) is 42.6 Å². The summed E-state index contributed by atoms with van der Waals surface area (Å²) in [5, 5.41) is 0. The summed E-state index contributed by atoms with van der Waals surface area (Å²) < 4.78 is 93.5. The van der Waals surface area contributed by atoms with Crippen molar-refractivity contribution in [1.82, 2.24) is 19.9 Å². The molecular formula is C40H25F7N4. The van der Waals surface area contributed by atoms with Gasteiger partial charge in [-0.3, -0.25) is 19.9 Å². The molecule has 0 amide bonds. The Morgan fingerprint density at radius 1 is 0.392 bits per heavy atom. The van der Waals surface area contributed by atoms with Crippen LogP contribution >= 0.6 is 0 Å². The summed E-state index contributed by atoms with van der Waals surface area (Å²) in [6.45, 7) is 3.85. The van der Waals surface area contributed by atoms with Crippen molar-refractivity contribution in [3.05, 3.63) is 168 Å². The molecule has 0 bridgehead atoms. The predicted octanol–water partition coefficient (Wildman–Crippen LogP) is 10.9. The molecule has 0 atom stereocenters. The second kappa shape index (κ2) is 14.7. The van der Waals surface area contributed by atoms with Crippen LogP contribution in [0.15, 0.2) is 116 Å². The van der Waals surface area contributed by atoms with Crippen molar-refractivity contribution in [3.63, 3.8) is 0 Å². The normalized spacial score (nSPS) is 10.8. The standard InChI is InChI=1S/C24H18F2N2.C16H7F5N2/c1-15-11-19(17-3-7-21(25)8-4-17)13-23(27-15)24-14-20(12-16(2)28-24)18-5-9-22(26)10-6-18;17-12-11(13(18)15(20)16(21)14(12)19)8-4-5-10(23-7-8)9-3-1-2-6-22-9/h3-14H,1-2H3;1-7H. The molecule has 0 saturated heterocycles. The fourth-order valence-electron chi connectivity index (χ4n) is 5.28. The average Bonchev–Trinajstić information content (AvgIpc) is 3.14. The Bertz CT molecular complexity index is 2210. The molecule has 0 unspecified atom stereocenters. The van der Waals surface area contributed by atoms with Crippen LogP contribution in [0.5, 0.6) is 0 Å². The van der Waals surface area contributed by atoms with Crippen LogP contribution in [-0.4, -0.2) is 19.9 Å². The Labute approximate surface area is 288 Å². The van der Waals surface area contributed by atoms with E-state index in [-0.39, 0.29) is 17.2 Å². The minimum absolute atomic E-state index is 0.225. The maximum atomic E-state index is 13.8. The van der Waals surface area contributed by atoms with Gasteiger partial charge in [-0.15, -0.1) is 0 Å². The largest absolute Gasteiger partial charge is 0.255 e. The molecule has 254 valence electrons. The second-order valence-electron chi connectivity index (χ2n) is 11.4. The van der Waals surface area contributed by atoms with Gasteiger partial charge in [0.15, 0.2) is 23.3 Å². The first-order chi connectivity index (χ1) is 24.5. The van der Waals surface area contributed by atoms with E-state index in [2.05, 4.69) is 19.9 Å². The quantitative estimate of drug-likeness (QED) is 0.102. The summed E-state index contributed by atoms with van der Waals surface area (Å²) in [7, 11) is 0. The number of benzene rings is 3. The SMILES string of the molecule is Cc1cc(-c2ccc(F)cc2)cc(-c2cc(-c3ccc(F)cc3)cc(C)n2)n1.Fc1c(F)c(F)c(-c2ccc(-c3ccccn3)nc2)c(F)c1F. The van der Waals surface area contributed by atoms with Gasteiger partial charge in [0.25, 0.3) is 0 Å². The van der Waals surface area contributed by atoms with Gasteiger partial charge in [0.2, 0.25) is 5.82 Å². The van der Waals surface area contributed by atoms with Gasteiger partial charge in [-0.05, 0) is 103 Å². The molecule has 0 spiro atoms. The van der Waals surface area contributed by atoms with Crippen LogP contribution in [0.1, 0.15) is 11.4 Å². The number of aromatic nitrogens is 4. The van der Waals surface area contributed by atoms with E-state index in [0.29, 0.717) is 11.4 Å². The lowest BCUT2D eigenvalue weighted by Gasteiger charge is -2.10. The summed E-state index contributed by atoms with van der Waals surface area (Å²) in [5.74, 6) is -10.5. The molecular weight excluding hydrogens is 669 g/mol. The third kappa shape index (κ3) is 7.67. The molecule has 7 rings (SSSR count). The first-order valence-corrected chi connectivity index (χ1v) is 15.4. The van der Waals surface area contributed by atoms with Crippen molar-refractivity contribution in [2.24, 2.45) is 0 Å². The molecule has 0 aliphatic rings. The Hall–Kier alpha value is -6.23. The molecule has 0 fully saturated rings. The molecule has 0 radical (unpaired) electrons. The lowest BCUT2D eigenvalue weighted by atomic mass is 10.0. The predicted molar refractivity (Wildman–Crippen MR) is 180 cm³/mol. The van der Waals surface area contributed by atoms with E-state index in [1.807, 2.05) is 38.1 Å². The molecule has 4 nitrogen and oxygen atoms in total. The minimum Gasteiger partial charge on any atom is -0.255 e. The van der Waals surface area contributed by atoms with Crippen LogP contribution in [0.2, 0.25) is 0 Å².